The lowest BCUT2D eigenvalue weighted by molar-refractivity contribution is -0.127. The maximum Gasteiger partial charge on any atom is 0.246 e. The Hall–Kier alpha value is -4.19. The molecule has 1 aliphatic heterocycles. The molecule has 1 amide bonds. The summed E-state index contributed by atoms with van der Waals surface area (Å²) >= 11 is 0. The summed E-state index contributed by atoms with van der Waals surface area (Å²) in [6, 6.07) is 18.2. The van der Waals surface area contributed by atoms with Crippen molar-refractivity contribution in [2.45, 2.75) is 25.7 Å². The quantitative estimate of drug-likeness (QED) is 0.327. The van der Waals surface area contributed by atoms with Gasteiger partial charge in [-0.2, -0.15) is 0 Å². The summed E-state index contributed by atoms with van der Waals surface area (Å²) in [7, 11) is 0. The van der Waals surface area contributed by atoms with Crippen molar-refractivity contribution in [2.75, 3.05) is 13.1 Å². The van der Waals surface area contributed by atoms with Crippen LogP contribution in [0.25, 0.3) is 28.6 Å². The zero-order valence-corrected chi connectivity index (χ0v) is 20.1. The number of carbonyl (C=O) groups excluding carboxylic acids is 1. The van der Waals surface area contributed by atoms with Crippen molar-refractivity contribution in [3.63, 3.8) is 0 Å². The Bertz CT molecular complexity index is 1390. The van der Waals surface area contributed by atoms with Crippen LogP contribution in [-0.4, -0.2) is 38.8 Å². The molecule has 6 heteroatoms. The largest absolute Gasteiger partial charge is 0.338 e. The topological polar surface area (TPSA) is 59.0 Å². The van der Waals surface area contributed by atoms with E-state index in [4.69, 9.17) is 4.98 Å². The van der Waals surface area contributed by atoms with Crippen LogP contribution in [0.4, 0.5) is 4.39 Å². The number of likely N-dealkylation sites (tertiary alicyclic amines) is 1. The Kier molecular flexibility index (Phi) is 6.94. The summed E-state index contributed by atoms with van der Waals surface area (Å²) in [6.45, 7) is 3.37. The molecule has 0 spiro atoms. The van der Waals surface area contributed by atoms with Crippen LogP contribution in [-0.2, 0) is 4.79 Å². The number of amides is 1. The van der Waals surface area contributed by atoms with Crippen LogP contribution in [0.5, 0.6) is 0 Å². The zero-order valence-electron chi connectivity index (χ0n) is 20.1. The molecule has 5 rings (SSSR count). The Morgan fingerprint density at radius 1 is 1.03 bits per heavy atom. The molecule has 5 nitrogen and oxygen atoms in total. The van der Waals surface area contributed by atoms with E-state index in [-0.39, 0.29) is 17.6 Å². The Balaban J connectivity index is 1.46. The van der Waals surface area contributed by atoms with E-state index in [1.54, 1.807) is 36.7 Å². The van der Waals surface area contributed by atoms with Gasteiger partial charge < -0.3 is 4.90 Å². The lowest BCUT2D eigenvalue weighted by Gasteiger charge is -2.33. The first kappa shape index (κ1) is 23.5. The molecule has 180 valence electrons. The number of aryl methyl sites for hydroxylation is 1. The molecular weight excluding hydrogens is 451 g/mol. The van der Waals surface area contributed by atoms with Gasteiger partial charge in [0.2, 0.25) is 5.91 Å². The van der Waals surface area contributed by atoms with Crippen molar-refractivity contribution < 1.29 is 9.18 Å². The second-order valence-electron chi connectivity index (χ2n) is 9.05. The number of hydrogen-bond acceptors (Lipinski definition) is 4. The van der Waals surface area contributed by atoms with Crippen LogP contribution in [0.1, 0.15) is 35.6 Å². The predicted molar refractivity (Wildman–Crippen MR) is 139 cm³/mol. The fourth-order valence-electron chi connectivity index (χ4n) is 4.68. The van der Waals surface area contributed by atoms with E-state index in [1.807, 2.05) is 35.4 Å². The summed E-state index contributed by atoms with van der Waals surface area (Å²) in [5.74, 6) is 0.396. The van der Waals surface area contributed by atoms with E-state index in [0.29, 0.717) is 18.9 Å². The lowest BCUT2D eigenvalue weighted by atomic mass is 9.88. The molecule has 0 bridgehead atoms. The number of aromatic nitrogens is 3. The molecule has 0 saturated carbocycles. The number of nitrogens with zero attached hydrogens (tertiary/aromatic N) is 4. The molecule has 2 aromatic heterocycles. The van der Waals surface area contributed by atoms with Crippen molar-refractivity contribution in [1.29, 1.82) is 0 Å². The molecular formula is C30H27FN4O. The van der Waals surface area contributed by atoms with Crippen LogP contribution in [0, 0.1) is 12.7 Å². The molecule has 0 unspecified atom stereocenters. The highest BCUT2D eigenvalue weighted by Gasteiger charge is 2.28. The molecule has 0 radical (unpaired) electrons. The Morgan fingerprint density at radius 3 is 2.58 bits per heavy atom. The van der Waals surface area contributed by atoms with Crippen LogP contribution in [0.3, 0.4) is 0 Å². The van der Waals surface area contributed by atoms with Crippen LogP contribution < -0.4 is 0 Å². The van der Waals surface area contributed by atoms with Gasteiger partial charge >= 0.3 is 0 Å². The molecule has 1 aliphatic rings. The number of halogens is 1. The number of hydrogen-bond donors (Lipinski definition) is 0. The normalized spacial score (nSPS) is 15.8. The van der Waals surface area contributed by atoms with Gasteiger partial charge in [0.25, 0.3) is 0 Å². The van der Waals surface area contributed by atoms with Gasteiger partial charge in [-0.05, 0) is 66.8 Å². The fourth-order valence-corrected chi connectivity index (χ4v) is 4.68. The molecule has 1 fully saturated rings. The first-order valence-electron chi connectivity index (χ1n) is 12.1. The van der Waals surface area contributed by atoms with E-state index in [2.05, 4.69) is 29.0 Å². The predicted octanol–water partition coefficient (Wildman–Crippen LogP) is 6.07. The number of carbonyl (C=O) groups is 1. The number of piperidine rings is 1. The molecule has 1 atom stereocenters. The highest BCUT2D eigenvalue weighted by Crippen LogP contribution is 2.35. The van der Waals surface area contributed by atoms with Crippen molar-refractivity contribution in [1.82, 2.24) is 19.9 Å². The summed E-state index contributed by atoms with van der Waals surface area (Å²) < 4.78 is 13.2. The van der Waals surface area contributed by atoms with E-state index in [0.717, 1.165) is 46.4 Å². The third-order valence-electron chi connectivity index (χ3n) is 6.60. The van der Waals surface area contributed by atoms with E-state index in [9.17, 15) is 9.18 Å². The minimum atomic E-state index is -0.294. The van der Waals surface area contributed by atoms with Gasteiger partial charge in [-0.1, -0.05) is 36.4 Å². The van der Waals surface area contributed by atoms with Gasteiger partial charge in [0.05, 0.1) is 5.69 Å². The molecule has 0 N–H and O–H groups in total. The molecule has 2 aromatic carbocycles. The number of rotatable bonds is 5. The summed E-state index contributed by atoms with van der Waals surface area (Å²) in [5.41, 5.74) is 5.93. The fraction of sp³-hybridized carbons (Fsp3) is 0.200. The first-order valence-corrected chi connectivity index (χ1v) is 12.1. The van der Waals surface area contributed by atoms with Gasteiger partial charge in [-0.15, -0.1) is 0 Å². The average molecular weight is 479 g/mol. The van der Waals surface area contributed by atoms with E-state index in [1.165, 1.54) is 12.1 Å². The third-order valence-corrected chi connectivity index (χ3v) is 6.60. The summed E-state index contributed by atoms with van der Waals surface area (Å²) in [4.78, 5) is 28.8. The standard InChI is InChI=1S/C30H27FN4O/c1-21-5-2-3-7-26(21)27-19-33-30(23-14-16-32-17-15-23)34-29(27)24-6-4-18-35(20-24)28(36)13-10-22-8-11-25(31)12-9-22/h2-3,5,7-17,19,24H,4,6,18,20H2,1H3/b13-10+/t24-/m1/s1. The zero-order chi connectivity index (χ0) is 24.9. The van der Waals surface area contributed by atoms with Crippen molar-refractivity contribution >= 4 is 12.0 Å². The number of benzene rings is 2. The number of pyridine rings is 1. The van der Waals surface area contributed by atoms with Gasteiger partial charge in [0, 0.05) is 54.8 Å². The van der Waals surface area contributed by atoms with E-state index < -0.39 is 0 Å². The maximum atomic E-state index is 13.2. The maximum absolute atomic E-state index is 13.2. The minimum Gasteiger partial charge on any atom is -0.338 e. The van der Waals surface area contributed by atoms with Gasteiger partial charge in [0.15, 0.2) is 5.82 Å². The van der Waals surface area contributed by atoms with Crippen LogP contribution in [0.2, 0.25) is 0 Å². The van der Waals surface area contributed by atoms with Gasteiger partial charge in [-0.3, -0.25) is 9.78 Å². The monoisotopic (exact) mass is 478 g/mol. The second kappa shape index (κ2) is 10.6. The van der Waals surface area contributed by atoms with E-state index >= 15 is 0 Å². The Morgan fingerprint density at radius 2 is 1.81 bits per heavy atom. The molecule has 4 aromatic rings. The SMILES string of the molecule is Cc1ccccc1-c1cnc(-c2ccncc2)nc1[C@@H]1CCCN(C(=O)/C=C/c2ccc(F)cc2)C1. The second-order valence-corrected chi connectivity index (χ2v) is 9.05. The third kappa shape index (κ3) is 5.23. The Labute approximate surface area is 210 Å². The molecule has 3 heterocycles. The highest BCUT2D eigenvalue weighted by molar-refractivity contribution is 5.92. The highest BCUT2D eigenvalue weighted by atomic mass is 19.1. The van der Waals surface area contributed by atoms with Crippen molar-refractivity contribution in [2.24, 2.45) is 0 Å². The molecule has 36 heavy (non-hydrogen) atoms. The smallest absolute Gasteiger partial charge is 0.246 e. The van der Waals surface area contributed by atoms with Gasteiger partial charge in [-0.25, -0.2) is 14.4 Å². The van der Waals surface area contributed by atoms with Crippen LogP contribution >= 0.6 is 0 Å². The molecule has 0 aliphatic carbocycles. The lowest BCUT2D eigenvalue weighted by Crippen LogP contribution is -2.38. The van der Waals surface area contributed by atoms with Crippen molar-refractivity contribution in [3.05, 3.63) is 108 Å². The average Bonchev–Trinajstić information content (AvgIpc) is 2.93. The van der Waals surface area contributed by atoms with Gasteiger partial charge in [0.1, 0.15) is 5.82 Å². The first-order chi connectivity index (χ1) is 17.6. The molecule has 1 saturated heterocycles. The minimum absolute atomic E-state index is 0.0510. The summed E-state index contributed by atoms with van der Waals surface area (Å²) in [5, 5.41) is 0. The van der Waals surface area contributed by atoms with Crippen molar-refractivity contribution in [3.8, 4) is 22.5 Å². The van der Waals surface area contributed by atoms with Crippen LogP contribution in [0.15, 0.2) is 85.3 Å². The summed E-state index contributed by atoms with van der Waals surface area (Å²) in [6.07, 6.45) is 10.5.